The van der Waals surface area contributed by atoms with Gasteiger partial charge in [0.25, 0.3) is 5.91 Å². The van der Waals surface area contributed by atoms with Gasteiger partial charge in [0.15, 0.2) is 0 Å². The Bertz CT molecular complexity index is 295. The monoisotopic (exact) mass is 199 g/mol. The van der Waals surface area contributed by atoms with Crippen molar-refractivity contribution in [2.24, 2.45) is 5.73 Å². The van der Waals surface area contributed by atoms with E-state index in [4.69, 9.17) is 5.73 Å². The van der Waals surface area contributed by atoms with Gasteiger partial charge in [0.05, 0.1) is 5.01 Å². The molecule has 0 saturated carbocycles. The molecule has 13 heavy (non-hydrogen) atoms. The molecule has 3 N–H and O–H groups in total. The lowest BCUT2D eigenvalue weighted by molar-refractivity contribution is 0.0947. The van der Waals surface area contributed by atoms with E-state index in [9.17, 15) is 4.79 Å². The standard InChI is InChI=1S/C8H13N3OS/c1-5(9)3-10-8(12)7-4-13-6(2)11-7/h4-5H,3,9H2,1-2H3,(H,10,12). The Kier molecular flexibility index (Phi) is 3.39. The zero-order valence-electron chi connectivity index (χ0n) is 7.70. The average Bonchev–Trinajstić information content (AvgIpc) is 2.47. The first-order valence-corrected chi connectivity index (χ1v) is 4.93. The number of thiazole rings is 1. The molecule has 1 aromatic heterocycles. The number of nitrogens with two attached hydrogens (primary N) is 1. The van der Waals surface area contributed by atoms with E-state index < -0.39 is 0 Å². The highest BCUT2D eigenvalue weighted by molar-refractivity contribution is 7.09. The molecule has 0 aliphatic rings. The third-order valence-corrected chi connectivity index (χ3v) is 2.21. The second kappa shape index (κ2) is 4.34. The summed E-state index contributed by atoms with van der Waals surface area (Å²) >= 11 is 1.46. The fourth-order valence-electron chi connectivity index (χ4n) is 0.812. The number of aromatic nitrogens is 1. The van der Waals surface area contributed by atoms with Crippen LogP contribution in [0, 0.1) is 6.92 Å². The Morgan fingerprint density at radius 2 is 2.54 bits per heavy atom. The largest absolute Gasteiger partial charge is 0.349 e. The summed E-state index contributed by atoms with van der Waals surface area (Å²) in [6.07, 6.45) is 0. The minimum atomic E-state index is -0.151. The van der Waals surface area contributed by atoms with Crippen LogP contribution in [-0.4, -0.2) is 23.5 Å². The third kappa shape index (κ3) is 3.12. The number of nitrogens with zero attached hydrogens (tertiary/aromatic N) is 1. The van der Waals surface area contributed by atoms with Crippen LogP contribution in [0.2, 0.25) is 0 Å². The van der Waals surface area contributed by atoms with E-state index in [1.54, 1.807) is 5.38 Å². The molecule has 1 amide bonds. The lowest BCUT2D eigenvalue weighted by atomic mass is 10.3. The molecule has 72 valence electrons. The minimum Gasteiger partial charge on any atom is -0.349 e. The lowest BCUT2D eigenvalue weighted by Gasteiger charge is -2.05. The van der Waals surface area contributed by atoms with Gasteiger partial charge in [-0.15, -0.1) is 11.3 Å². The molecule has 0 aliphatic carbocycles. The van der Waals surface area contributed by atoms with E-state index >= 15 is 0 Å². The van der Waals surface area contributed by atoms with Crippen LogP contribution in [0.25, 0.3) is 0 Å². The fourth-order valence-corrected chi connectivity index (χ4v) is 1.40. The van der Waals surface area contributed by atoms with Crippen molar-refractivity contribution in [2.45, 2.75) is 19.9 Å². The average molecular weight is 199 g/mol. The van der Waals surface area contributed by atoms with Gasteiger partial charge < -0.3 is 11.1 Å². The van der Waals surface area contributed by atoms with E-state index in [2.05, 4.69) is 10.3 Å². The normalized spacial score (nSPS) is 12.5. The van der Waals surface area contributed by atoms with Gasteiger partial charge in [-0.25, -0.2) is 4.98 Å². The maximum atomic E-state index is 11.3. The van der Waals surface area contributed by atoms with Crippen LogP contribution in [0.4, 0.5) is 0 Å². The van der Waals surface area contributed by atoms with E-state index in [0.717, 1.165) is 5.01 Å². The Morgan fingerprint density at radius 3 is 3.00 bits per heavy atom. The first kappa shape index (κ1) is 10.1. The summed E-state index contributed by atoms with van der Waals surface area (Å²) in [5.41, 5.74) is 5.97. The van der Waals surface area contributed by atoms with E-state index in [1.165, 1.54) is 11.3 Å². The van der Waals surface area contributed by atoms with Gasteiger partial charge in [0.2, 0.25) is 0 Å². The van der Waals surface area contributed by atoms with Gasteiger partial charge in [0, 0.05) is 18.0 Å². The topological polar surface area (TPSA) is 68.0 Å². The molecule has 0 spiro atoms. The Hall–Kier alpha value is -0.940. The summed E-state index contributed by atoms with van der Waals surface area (Å²) in [5.74, 6) is -0.151. The van der Waals surface area contributed by atoms with Gasteiger partial charge in [-0.3, -0.25) is 4.79 Å². The van der Waals surface area contributed by atoms with Crippen molar-refractivity contribution >= 4 is 17.2 Å². The van der Waals surface area contributed by atoms with Crippen molar-refractivity contribution in [3.63, 3.8) is 0 Å². The summed E-state index contributed by atoms with van der Waals surface area (Å²) < 4.78 is 0. The Labute approximate surface area is 81.2 Å². The van der Waals surface area contributed by atoms with Crippen molar-refractivity contribution in [2.75, 3.05) is 6.54 Å². The van der Waals surface area contributed by atoms with Gasteiger partial charge in [-0.2, -0.15) is 0 Å². The summed E-state index contributed by atoms with van der Waals surface area (Å²) in [6.45, 7) is 4.19. The molecule has 0 aliphatic heterocycles. The van der Waals surface area contributed by atoms with Gasteiger partial charge in [0.1, 0.15) is 5.69 Å². The summed E-state index contributed by atoms with van der Waals surface area (Å²) in [4.78, 5) is 15.4. The smallest absolute Gasteiger partial charge is 0.270 e. The highest BCUT2D eigenvalue weighted by Crippen LogP contribution is 2.07. The molecule has 0 saturated heterocycles. The zero-order chi connectivity index (χ0) is 9.84. The number of carbonyl (C=O) groups excluding carboxylic acids is 1. The number of aryl methyl sites for hydroxylation is 1. The van der Waals surface area contributed by atoms with Crippen molar-refractivity contribution in [1.82, 2.24) is 10.3 Å². The summed E-state index contributed by atoms with van der Waals surface area (Å²) in [6, 6.07) is -0.0244. The maximum Gasteiger partial charge on any atom is 0.270 e. The summed E-state index contributed by atoms with van der Waals surface area (Å²) in [5, 5.41) is 5.33. The second-order valence-electron chi connectivity index (χ2n) is 2.94. The Balaban J connectivity index is 2.49. The van der Waals surface area contributed by atoms with E-state index in [0.29, 0.717) is 12.2 Å². The number of rotatable bonds is 3. The maximum absolute atomic E-state index is 11.3. The fraction of sp³-hybridized carbons (Fsp3) is 0.500. The van der Waals surface area contributed by atoms with Crippen LogP contribution in [0.3, 0.4) is 0 Å². The molecule has 5 heteroatoms. The highest BCUT2D eigenvalue weighted by Gasteiger charge is 2.08. The molecular formula is C8H13N3OS. The van der Waals surface area contributed by atoms with Crippen molar-refractivity contribution in [3.8, 4) is 0 Å². The van der Waals surface area contributed by atoms with Crippen LogP contribution >= 0.6 is 11.3 Å². The first-order chi connectivity index (χ1) is 6.09. The Morgan fingerprint density at radius 1 is 1.85 bits per heavy atom. The second-order valence-corrected chi connectivity index (χ2v) is 4.00. The van der Waals surface area contributed by atoms with Crippen LogP contribution in [0.5, 0.6) is 0 Å². The van der Waals surface area contributed by atoms with E-state index in [1.807, 2.05) is 13.8 Å². The number of amides is 1. The number of nitrogens with one attached hydrogen (secondary N) is 1. The van der Waals surface area contributed by atoms with Crippen LogP contribution in [0.15, 0.2) is 5.38 Å². The molecule has 1 unspecified atom stereocenters. The molecule has 1 rings (SSSR count). The van der Waals surface area contributed by atoms with Gasteiger partial charge in [-0.1, -0.05) is 0 Å². The predicted molar refractivity (Wildman–Crippen MR) is 52.8 cm³/mol. The minimum absolute atomic E-state index is 0.0244. The molecule has 0 radical (unpaired) electrons. The van der Waals surface area contributed by atoms with Crippen molar-refractivity contribution in [3.05, 3.63) is 16.1 Å². The van der Waals surface area contributed by atoms with Gasteiger partial charge >= 0.3 is 0 Å². The summed E-state index contributed by atoms with van der Waals surface area (Å²) in [7, 11) is 0. The van der Waals surface area contributed by atoms with Crippen LogP contribution < -0.4 is 11.1 Å². The van der Waals surface area contributed by atoms with Gasteiger partial charge in [-0.05, 0) is 13.8 Å². The first-order valence-electron chi connectivity index (χ1n) is 4.05. The number of hydrogen-bond acceptors (Lipinski definition) is 4. The SMILES string of the molecule is Cc1nc(C(=O)NCC(C)N)cs1. The van der Waals surface area contributed by atoms with Crippen LogP contribution in [-0.2, 0) is 0 Å². The predicted octanol–water partition coefficient (Wildman–Crippen LogP) is 0.529. The van der Waals surface area contributed by atoms with Crippen molar-refractivity contribution < 1.29 is 4.79 Å². The molecule has 0 fully saturated rings. The molecule has 1 atom stereocenters. The lowest BCUT2D eigenvalue weighted by Crippen LogP contribution is -2.35. The number of hydrogen-bond donors (Lipinski definition) is 2. The highest BCUT2D eigenvalue weighted by atomic mass is 32.1. The molecule has 1 heterocycles. The van der Waals surface area contributed by atoms with Crippen LogP contribution in [0.1, 0.15) is 22.4 Å². The number of carbonyl (C=O) groups is 1. The zero-order valence-corrected chi connectivity index (χ0v) is 8.52. The molecular weight excluding hydrogens is 186 g/mol. The molecule has 0 bridgehead atoms. The molecule has 1 aromatic rings. The third-order valence-electron chi connectivity index (χ3n) is 1.44. The van der Waals surface area contributed by atoms with Crippen molar-refractivity contribution in [1.29, 1.82) is 0 Å². The van der Waals surface area contributed by atoms with E-state index in [-0.39, 0.29) is 11.9 Å². The quantitative estimate of drug-likeness (QED) is 0.746. The molecule has 4 nitrogen and oxygen atoms in total. The molecule has 0 aromatic carbocycles.